The van der Waals surface area contributed by atoms with Crippen molar-refractivity contribution in [3.8, 4) is 0 Å². The molecule has 0 N–H and O–H groups in total. The number of rotatable bonds is 4. The van der Waals surface area contributed by atoms with E-state index in [1.165, 1.54) is 13.3 Å². The van der Waals surface area contributed by atoms with E-state index >= 15 is 0 Å². The second-order valence-electron chi connectivity index (χ2n) is 4.27. The normalized spacial score (nSPS) is 11.5. The van der Waals surface area contributed by atoms with E-state index in [1.54, 1.807) is 6.07 Å². The lowest BCUT2D eigenvalue weighted by molar-refractivity contribution is 0.0923. The van der Waals surface area contributed by atoms with Crippen LogP contribution in [0.4, 0.5) is 0 Å². The van der Waals surface area contributed by atoms with Crippen LogP contribution in [0.2, 0.25) is 0 Å². The summed E-state index contributed by atoms with van der Waals surface area (Å²) in [6.45, 7) is 6.75. The molecule has 0 aromatic heterocycles. The zero-order valence-corrected chi connectivity index (χ0v) is 11.0. The molecule has 0 atom stereocenters. The summed E-state index contributed by atoms with van der Waals surface area (Å²) in [5.41, 5.74) is 2.68. The van der Waals surface area contributed by atoms with Crippen molar-refractivity contribution in [1.82, 2.24) is 0 Å². The number of ketones is 1. The van der Waals surface area contributed by atoms with E-state index in [-0.39, 0.29) is 12.4 Å². The molecule has 4 heteroatoms. The Bertz CT molecular complexity index is 446. The van der Waals surface area contributed by atoms with Gasteiger partial charge in [0.2, 0.25) is 0 Å². The van der Waals surface area contributed by atoms with Crippen molar-refractivity contribution in [1.29, 1.82) is 0 Å². The van der Waals surface area contributed by atoms with Gasteiger partial charge in [-0.15, -0.1) is 0 Å². The lowest BCUT2D eigenvalue weighted by Gasteiger charge is -2.09. The molecule has 0 saturated heterocycles. The highest BCUT2D eigenvalue weighted by Gasteiger charge is 2.13. The fourth-order valence-corrected chi connectivity index (χ4v) is 1.85. The number of carbonyl (C=O) groups is 1. The van der Waals surface area contributed by atoms with Crippen LogP contribution in [0.3, 0.4) is 0 Å². The SMILES string of the molecule is Cc1ccc(C(=O)COP(C)(C)=O)c(C)c1. The Morgan fingerprint density at radius 3 is 2.44 bits per heavy atom. The Kier molecular flexibility index (Phi) is 4.06. The smallest absolute Gasteiger partial charge is 0.197 e. The highest BCUT2D eigenvalue weighted by Crippen LogP contribution is 2.37. The van der Waals surface area contributed by atoms with Gasteiger partial charge in [-0.3, -0.25) is 9.36 Å². The molecule has 0 radical (unpaired) electrons. The number of hydrogen-bond acceptors (Lipinski definition) is 3. The monoisotopic (exact) mass is 240 g/mol. The summed E-state index contributed by atoms with van der Waals surface area (Å²) in [4.78, 5) is 11.8. The van der Waals surface area contributed by atoms with Gasteiger partial charge in [-0.25, -0.2) is 0 Å². The maximum atomic E-state index is 11.8. The zero-order chi connectivity index (χ0) is 12.3. The summed E-state index contributed by atoms with van der Waals surface area (Å²) in [7, 11) is -2.59. The third kappa shape index (κ3) is 3.92. The first-order valence-electron chi connectivity index (χ1n) is 5.09. The predicted molar refractivity (Wildman–Crippen MR) is 65.7 cm³/mol. The van der Waals surface area contributed by atoms with E-state index in [4.69, 9.17) is 4.52 Å². The van der Waals surface area contributed by atoms with Crippen LogP contribution in [0.5, 0.6) is 0 Å². The van der Waals surface area contributed by atoms with Gasteiger partial charge in [-0.2, -0.15) is 0 Å². The number of aryl methyl sites for hydroxylation is 2. The molecule has 1 aromatic carbocycles. The molecule has 0 spiro atoms. The van der Waals surface area contributed by atoms with Crippen LogP contribution in [0.25, 0.3) is 0 Å². The minimum atomic E-state index is -2.59. The molecule has 0 fully saturated rings. The van der Waals surface area contributed by atoms with Gasteiger partial charge >= 0.3 is 0 Å². The van der Waals surface area contributed by atoms with Crippen LogP contribution in [-0.4, -0.2) is 25.7 Å². The summed E-state index contributed by atoms with van der Waals surface area (Å²) in [6, 6.07) is 5.62. The molecule has 0 aliphatic carbocycles. The first-order valence-corrected chi connectivity index (χ1v) is 7.61. The molecule has 3 nitrogen and oxygen atoms in total. The Morgan fingerprint density at radius 1 is 1.31 bits per heavy atom. The summed E-state index contributed by atoms with van der Waals surface area (Å²) in [5, 5.41) is 0. The maximum absolute atomic E-state index is 11.8. The molecular weight excluding hydrogens is 223 g/mol. The molecule has 16 heavy (non-hydrogen) atoms. The Balaban J connectivity index is 2.78. The third-order valence-corrected chi connectivity index (χ3v) is 2.94. The molecule has 0 bridgehead atoms. The predicted octanol–water partition coefficient (Wildman–Crippen LogP) is 3.04. The van der Waals surface area contributed by atoms with Crippen molar-refractivity contribution in [2.24, 2.45) is 0 Å². The van der Waals surface area contributed by atoms with Crippen molar-refractivity contribution in [2.75, 3.05) is 19.9 Å². The van der Waals surface area contributed by atoms with Gasteiger partial charge in [-0.1, -0.05) is 23.8 Å². The second-order valence-corrected chi connectivity index (χ2v) is 7.03. The summed E-state index contributed by atoms with van der Waals surface area (Å²) < 4.78 is 16.4. The van der Waals surface area contributed by atoms with E-state index in [2.05, 4.69) is 0 Å². The Hall–Kier alpha value is -0.920. The first-order chi connectivity index (χ1) is 7.29. The van der Waals surface area contributed by atoms with Crippen molar-refractivity contribution in [2.45, 2.75) is 13.8 Å². The number of benzene rings is 1. The highest BCUT2D eigenvalue weighted by molar-refractivity contribution is 7.57. The standard InChI is InChI=1S/C12H17O3P/c1-9-5-6-11(10(2)7-9)12(13)8-15-16(3,4)14/h5-7H,8H2,1-4H3. The van der Waals surface area contributed by atoms with Crippen LogP contribution in [0, 0.1) is 13.8 Å². The van der Waals surface area contributed by atoms with E-state index in [9.17, 15) is 9.36 Å². The van der Waals surface area contributed by atoms with Crippen molar-refractivity contribution in [3.63, 3.8) is 0 Å². The van der Waals surface area contributed by atoms with E-state index in [1.807, 2.05) is 26.0 Å². The quantitative estimate of drug-likeness (QED) is 0.600. The topological polar surface area (TPSA) is 43.4 Å². The number of Topliss-reactive ketones (excluding diaryl/α,β-unsaturated/α-hetero) is 1. The molecule has 1 aromatic rings. The fraction of sp³-hybridized carbons (Fsp3) is 0.417. The highest BCUT2D eigenvalue weighted by atomic mass is 31.2. The minimum absolute atomic E-state index is 0.117. The van der Waals surface area contributed by atoms with Crippen LogP contribution < -0.4 is 0 Å². The molecule has 0 saturated carbocycles. The van der Waals surface area contributed by atoms with Crippen molar-refractivity contribution >= 4 is 13.2 Å². The van der Waals surface area contributed by atoms with Gasteiger partial charge in [0.1, 0.15) is 6.61 Å². The molecule has 1 rings (SSSR count). The molecule has 88 valence electrons. The Labute approximate surface area is 96.3 Å². The lowest BCUT2D eigenvalue weighted by atomic mass is 10.0. The summed E-state index contributed by atoms with van der Waals surface area (Å²) in [5.74, 6) is -0.124. The van der Waals surface area contributed by atoms with Gasteiger partial charge < -0.3 is 4.52 Å². The van der Waals surface area contributed by atoms with Crippen molar-refractivity contribution in [3.05, 3.63) is 34.9 Å². The molecule has 0 unspecified atom stereocenters. The average molecular weight is 240 g/mol. The van der Waals surface area contributed by atoms with Crippen LogP contribution in [0.1, 0.15) is 21.5 Å². The summed E-state index contributed by atoms with van der Waals surface area (Å²) in [6.07, 6.45) is 0. The van der Waals surface area contributed by atoms with Gasteiger partial charge in [0.05, 0.1) is 0 Å². The van der Waals surface area contributed by atoms with Crippen LogP contribution in [0.15, 0.2) is 18.2 Å². The Morgan fingerprint density at radius 2 is 1.94 bits per heavy atom. The zero-order valence-electron chi connectivity index (χ0n) is 10.1. The third-order valence-electron chi connectivity index (χ3n) is 2.19. The van der Waals surface area contributed by atoms with Crippen LogP contribution in [-0.2, 0) is 9.09 Å². The van der Waals surface area contributed by atoms with Gasteiger partial charge in [0, 0.05) is 18.9 Å². The van der Waals surface area contributed by atoms with Crippen molar-refractivity contribution < 1.29 is 13.9 Å². The molecule has 0 aliphatic rings. The fourth-order valence-electron chi connectivity index (χ4n) is 1.42. The maximum Gasteiger partial charge on any atom is 0.197 e. The summed E-state index contributed by atoms with van der Waals surface area (Å²) >= 11 is 0. The van der Waals surface area contributed by atoms with E-state index < -0.39 is 7.37 Å². The van der Waals surface area contributed by atoms with E-state index in [0.717, 1.165) is 11.1 Å². The molecule has 0 heterocycles. The molecule has 0 aliphatic heterocycles. The molecule has 0 amide bonds. The van der Waals surface area contributed by atoms with Gasteiger partial charge in [0.15, 0.2) is 13.2 Å². The number of hydrogen-bond donors (Lipinski definition) is 0. The number of carbonyl (C=O) groups excluding carboxylic acids is 1. The first kappa shape index (κ1) is 13.1. The largest absolute Gasteiger partial charge is 0.320 e. The lowest BCUT2D eigenvalue weighted by Crippen LogP contribution is -2.09. The van der Waals surface area contributed by atoms with Gasteiger partial charge in [0.25, 0.3) is 0 Å². The van der Waals surface area contributed by atoms with Crippen LogP contribution >= 0.6 is 7.37 Å². The molecular formula is C12H17O3P. The van der Waals surface area contributed by atoms with Gasteiger partial charge in [-0.05, 0) is 19.4 Å². The second kappa shape index (κ2) is 4.94. The van der Waals surface area contributed by atoms with E-state index in [0.29, 0.717) is 5.56 Å². The minimum Gasteiger partial charge on any atom is -0.320 e. The average Bonchev–Trinajstić information content (AvgIpc) is 2.13.